The van der Waals surface area contributed by atoms with E-state index >= 15 is 0 Å². The van der Waals surface area contributed by atoms with Gasteiger partial charge in [0.15, 0.2) is 0 Å². The molecule has 2 unspecified atom stereocenters. The van der Waals surface area contributed by atoms with Crippen molar-refractivity contribution in [1.29, 1.82) is 0 Å². The molecule has 0 aromatic carbocycles. The van der Waals surface area contributed by atoms with E-state index in [0.717, 1.165) is 6.42 Å². The van der Waals surface area contributed by atoms with Crippen LogP contribution in [0.5, 0.6) is 0 Å². The fraction of sp³-hybridized carbons (Fsp3) is 1.00. The first-order chi connectivity index (χ1) is 6.65. The van der Waals surface area contributed by atoms with Crippen LogP contribution in [0.2, 0.25) is 0 Å². The molecule has 0 aromatic heterocycles. The first kappa shape index (κ1) is 13.3. The minimum absolute atomic E-state index is 0.0104. The van der Waals surface area contributed by atoms with Gasteiger partial charge >= 0.3 is 0 Å². The second-order valence-corrected chi connectivity index (χ2v) is 7.70. The zero-order valence-electron chi connectivity index (χ0n) is 9.75. The van der Waals surface area contributed by atoms with Gasteiger partial charge in [-0.25, -0.2) is 13.1 Å². The molecule has 0 radical (unpaired) electrons. The fourth-order valence-corrected chi connectivity index (χ4v) is 3.91. The SMILES string of the molecule is CC(C)CS(=O)(=O)NC1CC(Cl)C1(C)C. The first-order valence-corrected chi connectivity index (χ1v) is 7.38. The quantitative estimate of drug-likeness (QED) is 0.779. The molecule has 0 aliphatic heterocycles. The van der Waals surface area contributed by atoms with E-state index in [9.17, 15) is 8.42 Å². The molecule has 90 valence electrons. The summed E-state index contributed by atoms with van der Waals surface area (Å²) in [7, 11) is -3.14. The number of rotatable bonds is 4. The Hall–Kier alpha value is 0.200. The van der Waals surface area contributed by atoms with Gasteiger partial charge in [0.05, 0.1) is 5.75 Å². The van der Waals surface area contributed by atoms with Crippen LogP contribution in [0.3, 0.4) is 0 Å². The molecular formula is C10H20ClNO2S. The van der Waals surface area contributed by atoms with E-state index in [0.29, 0.717) is 0 Å². The second-order valence-electron chi connectivity index (χ2n) is 5.37. The van der Waals surface area contributed by atoms with E-state index < -0.39 is 10.0 Å². The Labute approximate surface area is 97.6 Å². The minimum Gasteiger partial charge on any atom is -0.212 e. The van der Waals surface area contributed by atoms with E-state index in [2.05, 4.69) is 4.72 Å². The summed E-state index contributed by atoms with van der Waals surface area (Å²) >= 11 is 6.04. The average molecular weight is 254 g/mol. The summed E-state index contributed by atoms with van der Waals surface area (Å²) in [5.74, 6) is 0.337. The van der Waals surface area contributed by atoms with Crippen molar-refractivity contribution in [2.75, 3.05) is 5.75 Å². The highest BCUT2D eigenvalue weighted by Gasteiger charge is 2.48. The Bertz CT molecular complexity index is 324. The molecule has 0 heterocycles. The van der Waals surface area contributed by atoms with Crippen molar-refractivity contribution >= 4 is 21.6 Å². The Kier molecular flexibility index (Phi) is 3.74. The smallest absolute Gasteiger partial charge is 0.212 e. The number of hydrogen-bond acceptors (Lipinski definition) is 2. The molecule has 1 aliphatic rings. The van der Waals surface area contributed by atoms with Crippen LogP contribution < -0.4 is 4.72 Å². The average Bonchev–Trinajstić information content (AvgIpc) is 2.00. The van der Waals surface area contributed by atoms with Crippen molar-refractivity contribution in [2.45, 2.75) is 45.5 Å². The fourth-order valence-electron chi connectivity index (χ4n) is 1.78. The lowest BCUT2D eigenvalue weighted by molar-refractivity contribution is 0.137. The van der Waals surface area contributed by atoms with Crippen LogP contribution in [0.1, 0.15) is 34.1 Å². The van der Waals surface area contributed by atoms with Crippen molar-refractivity contribution < 1.29 is 8.42 Å². The van der Waals surface area contributed by atoms with Crippen molar-refractivity contribution in [3.8, 4) is 0 Å². The van der Waals surface area contributed by atoms with E-state index in [-0.39, 0.29) is 28.5 Å². The summed E-state index contributed by atoms with van der Waals surface area (Å²) in [6.07, 6.45) is 0.728. The van der Waals surface area contributed by atoms with Crippen LogP contribution in [-0.4, -0.2) is 25.6 Å². The lowest BCUT2D eigenvalue weighted by atomic mass is 9.67. The number of sulfonamides is 1. The molecule has 0 bridgehead atoms. The van der Waals surface area contributed by atoms with E-state index in [1.807, 2.05) is 27.7 Å². The van der Waals surface area contributed by atoms with E-state index in [1.165, 1.54) is 0 Å². The normalized spacial score (nSPS) is 30.3. The lowest BCUT2D eigenvalue weighted by Gasteiger charge is -2.49. The van der Waals surface area contributed by atoms with Gasteiger partial charge in [0.2, 0.25) is 10.0 Å². The molecule has 5 heteroatoms. The van der Waals surface area contributed by atoms with Crippen LogP contribution in [0.15, 0.2) is 0 Å². The summed E-state index contributed by atoms with van der Waals surface area (Å²) in [6, 6.07) is -0.0104. The van der Waals surface area contributed by atoms with E-state index in [4.69, 9.17) is 11.6 Å². The highest BCUT2D eigenvalue weighted by atomic mass is 35.5. The zero-order chi connectivity index (χ0) is 11.9. The van der Waals surface area contributed by atoms with Crippen LogP contribution in [0.25, 0.3) is 0 Å². The standard InChI is InChI=1S/C10H20ClNO2S/c1-7(2)6-15(13,14)12-9-5-8(11)10(9,3)4/h7-9,12H,5-6H2,1-4H3. The molecule has 0 spiro atoms. The van der Waals surface area contributed by atoms with Crippen LogP contribution in [0, 0.1) is 11.3 Å². The highest BCUT2D eigenvalue weighted by Crippen LogP contribution is 2.44. The van der Waals surface area contributed by atoms with Crippen molar-refractivity contribution in [2.24, 2.45) is 11.3 Å². The topological polar surface area (TPSA) is 46.2 Å². The summed E-state index contributed by atoms with van der Waals surface area (Å²) < 4.78 is 26.1. The van der Waals surface area contributed by atoms with Crippen molar-refractivity contribution in [1.82, 2.24) is 4.72 Å². The Morgan fingerprint density at radius 3 is 2.33 bits per heavy atom. The number of halogens is 1. The maximum Gasteiger partial charge on any atom is 0.212 e. The van der Waals surface area contributed by atoms with Gasteiger partial charge in [0.1, 0.15) is 0 Å². The molecule has 2 atom stereocenters. The lowest BCUT2D eigenvalue weighted by Crippen LogP contribution is -2.59. The zero-order valence-corrected chi connectivity index (χ0v) is 11.3. The Balaban J connectivity index is 2.57. The maximum absolute atomic E-state index is 11.7. The van der Waals surface area contributed by atoms with Gasteiger partial charge in [0, 0.05) is 11.4 Å². The molecule has 1 aliphatic carbocycles. The molecule has 1 rings (SSSR count). The molecule has 0 amide bonds. The Morgan fingerprint density at radius 2 is 2.00 bits per heavy atom. The summed E-state index contributed by atoms with van der Waals surface area (Å²) in [5.41, 5.74) is -0.133. The molecular weight excluding hydrogens is 234 g/mol. The predicted octanol–water partition coefficient (Wildman–Crippen LogP) is 1.97. The molecule has 0 aromatic rings. The summed E-state index contributed by atoms with van der Waals surface area (Å²) in [4.78, 5) is 0. The van der Waals surface area contributed by atoms with Crippen LogP contribution >= 0.6 is 11.6 Å². The molecule has 1 N–H and O–H groups in total. The van der Waals surface area contributed by atoms with Gasteiger partial charge in [-0.2, -0.15) is 0 Å². The van der Waals surface area contributed by atoms with Crippen molar-refractivity contribution in [3.05, 3.63) is 0 Å². The van der Waals surface area contributed by atoms with Gasteiger partial charge in [-0.1, -0.05) is 27.7 Å². The first-order valence-electron chi connectivity index (χ1n) is 5.29. The molecule has 0 saturated heterocycles. The van der Waals surface area contributed by atoms with Gasteiger partial charge in [-0.15, -0.1) is 11.6 Å². The predicted molar refractivity (Wildman–Crippen MR) is 63.6 cm³/mol. The monoisotopic (exact) mass is 253 g/mol. The summed E-state index contributed by atoms with van der Waals surface area (Å²) in [6.45, 7) is 7.79. The van der Waals surface area contributed by atoms with Crippen LogP contribution in [-0.2, 0) is 10.0 Å². The number of alkyl halides is 1. The van der Waals surface area contributed by atoms with Gasteiger partial charge < -0.3 is 0 Å². The molecule has 1 fully saturated rings. The number of hydrogen-bond donors (Lipinski definition) is 1. The van der Waals surface area contributed by atoms with Crippen LogP contribution in [0.4, 0.5) is 0 Å². The maximum atomic E-state index is 11.7. The second kappa shape index (κ2) is 4.22. The third-order valence-electron chi connectivity index (χ3n) is 3.02. The third kappa shape index (κ3) is 3.08. The minimum atomic E-state index is -3.14. The Morgan fingerprint density at radius 1 is 1.47 bits per heavy atom. The molecule has 1 saturated carbocycles. The van der Waals surface area contributed by atoms with Gasteiger partial charge in [-0.05, 0) is 17.8 Å². The number of nitrogens with one attached hydrogen (secondary N) is 1. The van der Waals surface area contributed by atoms with Gasteiger partial charge in [0.25, 0.3) is 0 Å². The van der Waals surface area contributed by atoms with Crippen molar-refractivity contribution in [3.63, 3.8) is 0 Å². The molecule has 3 nitrogen and oxygen atoms in total. The van der Waals surface area contributed by atoms with E-state index in [1.54, 1.807) is 0 Å². The third-order valence-corrected chi connectivity index (χ3v) is 5.51. The highest BCUT2D eigenvalue weighted by molar-refractivity contribution is 7.89. The molecule has 15 heavy (non-hydrogen) atoms. The van der Waals surface area contributed by atoms with Gasteiger partial charge in [-0.3, -0.25) is 0 Å². The summed E-state index contributed by atoms with van der Waals surface area (Å²) in [5, 5.41) is 0.0734. The largest absolute Gasteiger partial charge is 0.212 e.